The molecule has 1 N–H and O–H groups in total. The van der Waals surface area contributed by atoms with Gasteiger partial charge in [0.15, 0.2) is 0 Å². The molecule has 0 aliphatic rings. The zero-order valence-corrected chi connectivity index (χ0v) is 16.5. The van der Waals surface area contributed by atoms with Crippen molar-refractivity contribution in [3.63, 3.8) is 0 Å². The number of aromatic nitrogens is 2. The summed E-state index contributed by atoms with van der Waals surface area (Å²) in [6.07, 6.45) is 3.30. The minimum Gasteiger partial charge on any atom is -0.353 e. The largest absolute Gasteiger partial charge is 0.353 e. The van der Waals surface area contributed by atoms with Crippen LogP contribution in [0, 0.1) is 12.8 Å². The number of nitrogens with zero attached hydrogens (tertiary/aromatic N) is 3. The third-order valence-electron chi connectivity index (χ3n) is 4.50. The molecule has 2 rings (SSSR count). The van der Waals surface area contributed by atoms with E-state index in [4.69, 9.17) is 0 Å². The first-order chi connectivity index (χ1) is 12.9. The van der Waals surface area contributed by atoms with Crippen molar-refractivity contribution in [3.05, 3.63) is 59.7 Å². The number of hydrogen-bond donors (Lipinski definition) is 1. The van der Waals surface area contributed by atoms with Crippen molar-refractivity contribution in [2.45, 2.75) is 46.7 Å². The maximum absolute atomic E-state index is 12.9. The summed E-state index contributed by atoms with van der Waals surface area (Å²) >= 11 is 0. The summed E-state index contributed by atoms with van der Waals surface area (Å²) < 4.78 is 0. The normalized spacial score (nSPS) is 11.9. The van der Waals surface area contributed by atoms with Gasteiger partial charge in [0.05, 0.1) is 11.9 Å². The molecule has 2 amide bonds. The molecule has 0 saturated heterocycles. The van der Waals surface area contributed by atoms with E-state index < -0.39 is 0 Å². The molecule has 1 atom stereocenters. The Kier molecular flexibility index (Phi) is 7.46. The molecule has 6 nitrogen and oxygen atoms in total. The second-order valence-corrected chi connectivity index (χ2v) is 7.11. The van der Waals surface area contributed by atoms with E-state index in [9.17, 15) is 9.59 Å². The number of hydrogen-bond acceptors (Lipinski definition) is 4. The Morgan fingerprint density at radius 1 is 1.07 bits per heavy atom. The minimum absolute atomic E-state index is 0.0583. The van der Waals surface area contributed by atoms with Gasteiger partial charge in [-0.1, -0.05) is 44.2 Å². The molecule has 27 heavy (non-hydrogen) atoms. The van der Waals surface area contributed by atoms with Gasteiger partial charge in [-0.05, 0) is 25.3 Å². The number of amides is 2. The maximum Gasteiger partial charge on any atom is 0.274 e. The third kappa shape index (κ3) is 6.47. The van der Waals surface area contributed by atoms with Crippen LogP contribution in [0.4, 0.5) is 0 Å². The Morgan fingerprint density at radius 2 is 1.78 bits per heavy atom. The van der Waals surface area contributed by atoms with Crippen LogP contribution in [0.3, 0.4) is 0 Å². The molecule has 0 bridgehead atoms. The topological polar surface area (TPSA) is 75.2 Å². The fourth-order valence-corrected chi connectivity index (χ4v) is 2.45. The van der Waals surface area contributed by atoms with Crippen LogP contribution in [-0.2, 0) is 11.3 Å². The Balaban J connectivity index is 2.08. The lowest BCUT2D eigenvalue weighted by Gasteiger charge is -2.23. The Hall–Kier alpha value is -2.76. The fraction of sp³-hybridized carbons (Fsp3) is 0.429. The van der Waals surface area contributed by atoms with Crippen LogP contribution in [0.15, 0.2) is 42.7 Å². The second-order valence-electron chi connectivity index (χ2n) is 7.11. The smallest absolute Gasteiger partial charge is 0.274 e. The fourth-order valence-electron chi connectivity index (χ4n) is 2.45. The highest BCUT2D eigenvalue weighted by molar-refractivity contribution is 5.92. The highest BCUT2D eigenvalue weighted by Gasteiger charge is 2.20. The Bertz CT molecular complexity index is 745. The molecular formula is C21H28N4O2. The van der Waals surface area contributed by atoms with Crippen LogP contribution < -0.4 is 5.32 Å². The summed E-state index contributed by atoms with van der Waals surface area (Å²) in [5.41, 5.74) is 2.04. The van der Waals surface area contributed by atoms with E-state index >= 15 is 0 Å². The van der Waals surface area contributed by atoms with Gasteiger partial charge >= 0.3 is 0 Å². The Morgan fingerprint density at radius 3 is 2.37 bits per heavy atom. The quantitative estimate of drug-likeness (QED) is 0.777. The van der Waals surface area contributed by atoms with Gasteiger partial charge in [-0.2, -0.15) is 0 Å². The molecule has 1 aromatic heterocycles. The standard InChI is InChI=1S/C21H28N4O2/c1-15(2)17(4)24-20(26)10-11-25(14-18-8-6-5-7-9-18)21(27)19-13-22-16(3)12-23-19/h5-9,12-13,15,17H,10-11,14H2,1-4H3,(H,24,26). The molecule has 0 radical (unpaired) electrons. The van der Waals surface area contributed by atoms with E-state index in [2.05, 4.69) is 29.1 Å². The molecule has 0 spiro atoms. The van der Waals surface area contributed by atoms with Gasteiger partial charge in [0.25, 0.3) is 5.91 Å². The van der Waals surface area contributed by atoms with E-state index in [1.165, 1.54) is 6.20 Å². The summed E-state index contributed by atoms with van der Waals surface area (Å²) in [5, 5.41) is 2.98. The molecule has 1 aromatic carbocycles. The SMILES string of the molecule is Cc1cnc(C(=O)N(CCC(=O)NC(C)C(C)C)Cc2ccccc2)cn1. The molecule has 1 unspecified atom stereocenters. The van der Waals surface area contributed by atoms with E-state index in [1.54, 1.807) is 11.1 Å². The van der Waals surface area contributed by atoms with Crippen molar-refractivity contribution >= 4 is 11.8 Å². The lowest BCUT2D eigenvalue weighted by molar-refractivity contribution is -0.122. The summed E-state index contributed by atoms with van der Waals surface area (Å²) in [6.45, 7) is 8.67. The molecule has 6 heteroatoms. The van der Waals surface area contributed by atoms with Crippen molar-refractivity contribution in [1.29, 1.82) is 0 Å². The number of carbonyl (C=O) groups excluding carboxylic acids is 2. The van der Waals surface area contributed by atoms with Crippen LogP contribution in [0.25, 0.3) is 0 Å². The summed E-state index contributed by atoms with van der Waals surface area (Å²) in [6, 6.07) is 9.81. The van der Waals surface area contributed by atoms with Crippen LogP contribution >= 0.6 is 0 Å². The average molecular weight is 368 g/mol. The maximum atomic E-state index is 12.9. The van der Waals surface area contributed by atoms with E-state index in [-0.39, 0.29) is 30.0 Å². The molecule has 1 heterocycles. The predicted molar refractivity (Wildman–Crippen MR) is 105 cm³/mol. The number of benzene rings is 1. The zero-order chi connectivity index (χ0) is 19.8. The molecule has 0 aliphatic carbocycles. The number of carbonyl (C=O) groups is 2. The van der Waals surface area contributed by atoms with E-state index in [1.807, 2.05) is 44.2 Å². The van der Waals surface area contributed by atoms with Gasteiger partial charge in [-0.25, -0.2) is 4.98 Å². The average Bonchev–Trinajstić information content (AvgIpc) is 2.65. The lowest BCUT2D eigenvalue weighted by atomic mass is 10.1. The highest BCUT2D eigenvalue weighted by atomic mass is 16.2. The minimum atomic E-state index is -0.226. The Labute approximate surface area is 161 Å². The van der Waals surface area contributed by atoms with Crippen molar-refractivity contribution < 1.29 is 9.59 Å². The molecule has 2 aromatic rings. The third-order valence-corrected chi connectivity index (χ3v) is 4.50. The summed E-state index contributed by atoms with van der Waals surface area (Å²) in [5.74, 6) is 0.0759. The van der Waals surface area contributed by atoms with Gasteiger partial charge in [0.1, 0.15) is 5.69 Å². The highest BCUT2D eigenvalue weighted by Crippen LogP contribution is 2.10. The van der Waals surface area contributed by atoms with Gasteiger partial charge in [-0.15, -0.1) is 0 Å². The van der Waals surface area contributed by atoms with E-state index in [0.717, 1.165) is 11.3 Å². The molecule has 0 saturated carbocycles. The molecular weight excluding hydrogens is 340 g/mol. The lowest BCUT2D eigenvalue weighted by Crippen LogP contribution is -2.39. The first-order valence-corrected chi connectivity index (χ1v) is 9.28. The van der Waals surface area contributed by atoms with Crippen molar-refractivity contribution in [3.8, 4) is 0 Å². The van der Waals surface area contributed by atoms with Gasteiger partial charge in [0, 0.05) is 31.7 Å². The first kappa shape index (κ1) is 20.6. The zero-order valence-electron chi connectivity index (χ0n) is 16.5. The molecule has 144 valence electrons. The van der Waals surface area contributed by atoms with Crippen molar-refractivity contribution in [1.82, 2.24) is 20.2 Å². The molecule has 0 aliphatic heterocycles. The van der Waals surface area contributed by atoms with Crippen molar-refractivity contribution in [2.24, 2.45) is 5.92 Å². The van der Waals surface area contributed by atoms with Crippen molar-refractivity contribution in [2.75, 3.05) is 6.54 Å². The van der Waals surface area contributed by atoms with Crippen LogP contribution in [0.2, 0.25) is 0 Å². The summed E-state index contributed by atoms with van der Waals surface area (Å²) in [4.78, 5) is 35.1. The van der Waals surface area contributed by atoms with Crippen LogP contribution in [-0.4, -0.2) is 39.3 Å². The van der Waals surface area contributed by atoms with Crippen LogP contribution in [0.1, 0.15) is 48.9 Å². The predicted octanol–water partition coefficient (Wildman–Crippen LogP) is 2.98. The first-order valence-electron chi connectivity index (χ1n) is 9.28. The monoisotopic (exact) mass is 368 g/mol. The van der Waals surface area contributed by atoms with Crippen LogP contribution in [0.5, 0.6) is 0 Å². The second kappa shape index (κ2) is 9.80. The number of rotatable bonds is 8. The number of aryl methyl sites for hydroxylation is 1. The number of nitrogens with one attached hydrogen (secondary N) is 1. The van der Waals surface area contributed by atoms with Gasteiger partial charge in [-0.3, -0.25) is 14.6 Å². The summed E-state index contributed by atoms with van der Waals surface area (Å²) in [7, 11) is 0. The molecule has 0 fully saturated rings. The van der Waals surface area contributed by atoms with E-state index in [0.29, 0.717) is 19.0 Å². The van der Waals surface area contributed by atoms with Gasteiger partial charge in [0.2, 0.25) is 5.91 Å². The van der Waals surface area contributed by atoms with Gasteiger partial charge < -0.3 is 10.2 Å².